The second kappa shape index (κ2) is 7.26. The molecule has 0 aromatic carbocycles. The number of amides is 1. The molecule has 9 heteroatoms. The highest BCUT2D eigenvalue weighted by Gasteiger charge is 2.35. The fourth-order valence-electron chi connectivity index (χ4n) is 4.33. The summed E-state index contributed by atoms with van der Waals surface area (Å²) in [5.41, 5.74) is 0.613. The first-order valence-electron chi connectivity index (χ1n) is 9.86. The Hall–Kier alpha value is -1.74. The molecule has 1 saturated heterocycles. The molecule has 0 aliphatic carbocycles. The van der Waals surface area contributed by atoms with Gasteiger partial charge in [-0.1, -0.05) is 6.42 Å². The Morgan fingerprint density at radius 3 is 2.79 bits per heavy atom. The smallest absolute Gasteiger partial charge is 0.264 e. The molecule has 152 valence electrons. The lowest BCUT2D eigenvalue weighted by molar-refractivity contribution is 0.0713. The largest absolute Gasteiger partial charge is 0.334 e. The maximum atomic E-state index is 13.3. The van der Waals surface area contributed by atoms with Crippen LogP contribution in [0, 0.1) is 6.92 Å². The van der Waals surface area contributed by atoms with E-state index in [9.17, 15) is 18.0 Å². The number of aryl methyl sites for hydroxylation is 2. The number of fused-ring (bicyclic) bond motifs is 2. The Bertz CT molecular complexity index is 1100. The summed E-state index contributed by atoms with van der Waals surface area (Å²) in [6.45, 7) is 4.78. The van der Waals surface area contributed by atoms with Crippen LogP contribution in [0.2, 0.25) is 0 Å². The lowest BCUT2D eigenvalue weighted by Gasteiger charge is -2.26. The van der Waals surface area contributed by atoms with Crippen molar-refractivity contribution >= 4 is 37.3 Å². The van der Waals surface area contributed by atoms with Gasteiger partial charge in [0.25, 0.3) is 11.5 Å². The van der Waals surface area contributed by atoms with Gasteiger partial charge < -0.3 is 4.90 Å². The van der Waals surface area contributed by atoms with Crippen LogP contribution in [0.5, 0.6) is 0 Å². The molecule has 0 N–H and O–H groups in total. The van der Waals surface area contributed by atoms with Gasteiger partial charge in [-0.3, -0.25) is 14.2 Å². The molecule has 1 unspecified atom stereocenters. The summed E-state index contributed by atoms with van der Waals surface area (Å²) in [5, 5.41) is 0.536. The molecule has 2 aromatic heterocycles. The molecular weight excluding hydrogens is 398 g/mol. The number of sulfone groups is 1. The van der Waals surface area contributed by atoms with Crippen LogP contribution in [-0.2, 0) is 22.8 Å². The molecule has 2 aliphatic heterocycles. The van der Waals surface area contributed by atoms with E-state index < -0.39 is 9.84 Å². The fourth-order valence-corrected chi connectivity index (χ4v) is 7.21. The Kier molecular flexibility index (Phi) is 5.07. The van der Waals surface area contributed by atoms with Crippen LogP contribution in [0.3, 0.4) is 0 Å². The number of nitrogens with zero attached hydrogens (tertiary/aromatic N) is 3. The third-order valence-corrected chi connectivity index (χ3v) is 8.78. The Balaban J connectivity index is 1.76. The Morgan fingerprint density at radius 1 is 1.32 bits per heavy atom. The molecule has 28 heavy (non-hydrogen) atoms. The number of rotatable bonds is 3. The first-order chi connectivity index (χ1) is 13.3. The van der Waals surface area contributed by atoms with Crippen molar-refractivity contribution in [3.8, 4) is 0 Å². The number of hydrogen-bond acceptors (Lipinski definition) is 6. The van der Waals surface area contributed by atoms with Crippen molar-refractivity contribution in [1.29, 1.82) is 0 Å². The highest BCUT2D eigenvalue weighted by Crippen LogP contribution is 2.31. The summed E-state index contributed by atoms with van der Waals surface area (Å²) in [5.74, 6) is 0.767. The molecule has 0 spiro atoms. The average Bonchev–Trinajstić information content (AvgIpc) is 3.05. The second-order valence-corrected chi connectivity index (χ2v) is 10.9. The molecule has 4 heterocycles. The maximum Gasteiger partial charge on any atom is 0.264 e. The van der Waals surface area contributed by atoms with Crippen molar-refractivity contribution in [1.82, 2.24) is 14.5 Å². The van der Waals surface area contributed by atoms with Gasteiger partial charge in [0.15, 0.2) is 9.84 Å². The molecule has 1 fully saturated rings. The minimum Gasteiger partial charge on any atom is -0.334 e. The van der Waals surface area contributed by atoms with Gasteiger partial charge in [0.2, 0.25) is 0 Å². The van der Waals surface area contributed by atoms with Crippen LogP contribution >= 0.6 is 11.3 Å². The second-order valence-electron chi connectivity index (χ2n) is 7.68. The van der Waals surface area contributed by atoms with Crippen LogP contribution in [0.15, 0.2) is 4.79 Å². The number of aromatic nitrogens is 2. The molecule has 0 radical (unpaired) electrons. The molecule has 7 nitrogen and oxygen atoms in total. The summed E-state index contributed by atoms with van der Waals surface area (Å²) >= 11 is 1.26. The van der Waals surface area contributed by atoms with Crippen molar-refractivity contribution < 1.29 is 13.2 Å². The van der Waals surface area contributed by atoms with Crippen LogP contribution in [0.4, 0.5) is 0 Å². The summed E-state index contributed by atoms with van der Waals surface area (Å²) in [7, 11) is -3.08. The average molecular weight is 424 g/mol. The predicted molar refractivity (Wildman–Crippen MR) is 110 cm³/mol. The monoisotopic (exact) mass is 423 g/mol. The predicted octanol–water partition coefficient (Wildman–Crippen LogP) is 2.14. The van der Waals surface area contributed by atoms with Gasteiger partial charge in [-0.2, -0.15) is 0 Å². The van der Waals surface area contributed by atoms with Crippen LogP contribution in [0.25, 0.3) is 10.2 Å². The molecule has 1 atom stereocenters. The highest BCUT2D eigenvalue weighted by molar-refractivity contribution is 7.91. The Labute approximate surface area is 168 Å². The van der Waals surface area contributed by atoms with Gasteiger partial charge in [-0.15, -0.1) is 11.3 Å². The molecule has 2 aliphatic rings. The number of thiophene rings is 1. The normalized spacial score (nSPS) is 21.4. The van der Waals surface area contributed by atoms with Gasteiger partial charge >= 0.3 is 0 Å². The zero-order chi connectivity index (χ0) is 20.1. The van der Waals surface area contributed by atoms with Crippen LogP contribution in [0.1, 0.15) is 53.7 Å². The van der Waals surface area contributed by atoms with E-state index in [1.54, 1.807) is 16.4 Å². The minimum atomic E-state index is -3.08. The number of carbonyl (C=O) groups excluding carboxylic acids is 1. The lowest BCUT2D eigenvalue weighted by atomic mass is 10.1. The summed E-state index contributed by atoms with van der Waals surface area (Å²) in [4.78, 5) is 33.8. The van der Waals surface area contributed by atoms with E-state index >= 15 is 0 Å². The third-order valence-electron chi connectivity index (χ3n) is 5.86. The van der Waals surface area contributed by atoms with Gasteiger partial charge in [0, 0.05) is 25.6 Å². The minimum absolute atomic E-state index is 0.0196. The summed E-state index contributed by atoms with van der Waals surface area (Å²) in [6.07, 6.45) is 4.34. The van der Waals surface area contributed by atoms with Gasteiger partial charge in [0.1, 0.15) is 10.7 Å². The summed E-state index contributed by atoms with van der Waals surface area (Å²) in [6, 6.07) is -0.294. The molecule has 1 amide bonds. The quantitative estimate of drug-likeness (QED) is 0.755. The van der Waals surface area contributed by atoms with E-state index in [2.05, 4.69) is 0 Å². The van der Waals surface area contributed by atoms with E-state index in [4.69, 9.17) is 4.98 Å². The summed E-state index contributed by atoms with van der Waals surface area (Å²) < 4.78 is 25.5. The van der Waals surface area contributed by atoms with Crippen molar-refractivity contribution in [3.63, 3.8) is 0 Å². The maximum absolute atomic E-state index is 13.3. The van der Waals surface area contributed by atoms with Crippen molar-refractivity contribution in [2.45, 2.75) is 58.5 Å². The van der Waals surface area contributed by atoms with Crippen molar-refractivity contribution in [3.05, 3.63) is 26.6 Å². The molecule has 0 saturated carbocycles. The third kappa shape index (κ3) is 3.28. The topological polar surface area (TPSA) is 89.3 Å². The number of carbonyl (C=O) groups is 1. The molecule has 2 aromatic rings. The van der Waals surface area contributed by atoms with E-state index in [1.165, 1.54) is 11.3 Å². The van der Waals surface area contributed by atoms with Crippen molar-refractivity contribution in [2.24, 2.45) is 0 Å². The van der Waals surface area contributed by atoms with E-state index in [0.29, 0.717) is 40.2 Å². The zero-order valence-electron chi connectivity index (χ0n) is 16.2. The number of hydrogen-bond donors (Lipinski definition) is 0. The first kappa shape index (κ1) is 19.6. The van der Waals surface area contributed by atoms with Gasteiger partial charge in [0.05, 0.1) is 21.8 Å². The van der Waals surface area contributed by atoms with Gasteiger partial charge in [-0.25, -0.2) is 13.4 Å². The van der Waals surface area contributed by atoms with E-state index in [1.807, 2.05) is 6.92 Å². The molecule has 4 rings (SSSR count). The molecular formula is C19H25N3O4S2. The zero-order valence-corrected chi connectivity index (χ0v) is 17.9. The van der Waals surface area contributed by atoms with Gasteiger partial charge in [-0.05, 0) is 38.7 Å². The standard InChI is InChI=1S/C19H25N3O4S2/c1-3-21(13-8-10-28(25,26)11-13)19(24)16-12(2)15-17(27-16)20-14-7-5-4-6-9-22(14)18(15)23/h13H,3-11H2,1-2H3. The fraction of sp³-hybridized carbons (Fsp3) is 0.632. The Morgan fingerprint density at radius 2 is 2.11 bits per heavy atom. The first-order valence-corrected chi connectivity index (χ1v) is 12.5. The van der Waals surface area contributed by atoms with Crippen LogP contribution < -0.4 is 5.56 Å². The lowest BCUT2D eigenvalue weighted by Crippen LogP contribution is -2.40. The van der Waals surface area contributed by atoms with Crippen molar-refractivity contribution in [2.75, 3.05) is 18.1 Å². The highest BCUT2D eigenvalue weighted by atomic mass is 32.2. The van der Waals surface area contributed by atoms with E-state index in [0.717, 1.165) is 31.5 Å². The SMILES string of the molecule is CCN(C(=O)c1sc2nc3n(c(=O)c2c1C)CCCCC3)C1CCS(=O)(=O)C1. The molecule has 0 bridgehead atoms. The van der Waals surface area contributed by atoms with E-state index in [-0.39, 0.29) is 29.0 Å². The van der Waals surface area contributed by atoms with Crippen LogP contribution in [-0.4, -0.2) is 52.9 Å².